The highest BCUT2D eigenvalue weighted by molar-refractivity contribution is 6.35. The summed E-state index contributed by atoms with van der Waals surface area (Å²) in [4.78, 5) is 4.38. The summed E-state index contributed by atoms with van der Waals surface area (Å²) < 4.78 is 39.8. The normalized spacial score (nSPS) is 11.9. The van der Waals surface area contributed by atoms with Crippen molar-refractivity contribution in [3.05, 3.63) is 64.7 Å². The molecule has 6 heteroatoms. The minimum absolute atomic E-state index is 0.0116. The molecule has 0 amide bonds. The van der Waals surface area contributed by atoms with Gasteiger partial charge < -0.3 is 0 Å². The van der Waals surface area contributed by atoms with Gasteiger partial charge in [-0.25, -0.2) is 4.98 Å². The Kier molecular flexibility index (Phi) is 4.21. The van der Waals surface area contributed by atoms with Crippen molar-refractivity contribution in [2.24, 2.45) is 0 Å². The van der Waals surface area contributed by atoms with Gasteiger partial charge in [-0.05, 0) is 29.8 Å². The van der Waals surface area contributed by atoms with Crippen LogP contribution in [0.3, 0.4) is 0 Å². The summed E-state index contributed by atoms with van der Waals surface area (Å²) >= 11 is 12.1. The van der Waals surface area contributed by atoms with E-state index in [1.807, 2.05) is 0 Å². The van der Waals surface area contributed by atoms with Crippen molar-refractivity contribution < 1.29 is 13.2 Å². The lowest BCUT2D eigenvalue weighted by Crippen LogP contribution is -2.08. The van der Waals surface area contributed by atoms with Gasteiger partial charge in [-0.15, -0.1) is 11.6 Å². The quantitative estimate of drug-likeness (QED) is 0.490. The van der Waals surface area contributed by atoms with E-state index in [4.69, 9.17) is 23.2 Å². The maximum atomic E-state index is 13.3. The lowest BCUT2D eigenvalue weighted by atomic mass is 9.99. The number of hydrogen-bond acceptors (Lipinski definition) is 1. The highest BCUT2D eigenvalue weighted by Crippen LogP contribution is 2.38. The first-order valence-electron chi connectivity index (χ1n) is 6.72. The van der Waals surface area contributed by atoms with E-state index >= 15 is 0 Å². The average molecular weight is 356 g/mol. The highest BCUT2D eigenvalue weighted by Gasteiger charge is 2.34. The molecule has 0 unspecified atom stereocenters. The molecule has 23 heavy (non-hydrogen) atoms. The Morgan fingerprint density at radius 1 is 1.00 bits per heavy atom. The van der Waals surface area contributed by atoms with Crippen LogP contribution in [0.15, 0.2) is 48.5 Å². The van der Waals surface area contributed by atoms with Crippen LogP contribution in [0.5, 0.6) is 0 Å². The third kappa shape index (κ3) is 3.01. The molecule has 0 spiro atoms. The van der Waals surface area contributed by atoms with Crippen LogP contribution < -0.4 is 0 Å². The van der Waals surface area contributed by atoms with Crippen molar-refractivity contribution in [2.45, 2.75) is 12.1 Å². The summed E-state index contributed by atoms with van der Waals surface area (Å²) in [5.74, 6) is 0.0374. The molecule has 3 aromatic rings. The molecule has 0 atom stereocenters. The van der Waals surface area contributed by atoms with Gasteiger partial charge in [0.15, 0.2) is 0 Å². The fourth-order valence-corrected chi connectivity index (χ4v) is 2.90. The smallest absolute Gasteiger partial charge is 0.247 e. The van der Waals surface area contributed by atoms with Crippen LogP contribution in [0.4, 0.5) is 13.2 Å². The lowest BCUT2D eigenvalue weighted by molar-refractivity contribution is -0.137. The van der Waals surface area contributed by atoms with E-state index in [0.29, 0.717) is 21.5 Å². The van der Waals surface area contributed by atoms with Gasteiger partial charge in [0.2, 0.25) is 0 Å². The zero-order chi connectivity index (χ0) is 16.6. The average Bonchev–Trinajstić information content (AvgIpc) is 2.53. The van der Waals surface area contributed by atoms with Crippen LogP contribution in [0.2, 0.25) is 5.02 Å². The predicted octanol–water partition coefficient (Wildman–Crippen LogP) is 6.31. The fraction of sp³-hybridized carbons (Fsp3) is 0.118. The molecule has 0 saturated carbocycles. The molecule has 118 valence electrons. The van der Waals surface area contributed by atoms with Crippen LogP contribution in [-0.4, -0.2) is 4.98 Å². The second-order valence-corrected chi connectivity index (χ2v) is 5.65. The summed E-state index contributed by atoms with van der Waals surface area (Å²) in [6, 6.07) is 12.1. The van der Waals surface area contributed by atoms with Gasteiger partial charge in [-0.1, -0.05) is 35.9 Å². The summed E-state index contributed by atoms with van der Waals surface area (Å²) in [5, 5.41) is 1.15. The molecular formula is C17H10Cl2F3N. The first-order valence-corrected chi connectivity index (χ1v) is 7.64. The zero-order valence-electron chi connectivity index (χ0n) is 11.7. The number of nitrogens with zero attached hydrogens (tertiary/aromatic N) is 1. The Morgan fingerprint density at radius 3 is 2.43 bits per heavy atom. The van der Waals surface area contributed by atoms with E-state index in [1.165, 1.54) is 12.1 Å². The Morgan fingerprint density at radius 2 is 1.74 bits per heavy atom. The Bertz CT molecular complexity index is 875. The zero-order valence-corrected chi connectivity index (χ0v) is 13.2. The molecule has 1 heterocycles. The first-order chi connectivity index (χ1) is 10.9. The highest BCUT2D eigenvalue weighted by atomic mass is 35.5. The van der Waals surface area contributed by atoms with E-state index in [9.17, 15) is 13.2 Å². The number of rotatable bonds is 2. The van der Waals surface area contributed by atoms with Gasteiger partial charge in [0.25, 0.3) is 0 Å². The maximum Gasteiger partial charge on any atom is 0.417 e. The van der Waals surface area contributed by atoms with Crippen LogP contribution in [0, 0.1) is 0 Å². The van der Waals surface area contributed by atoms with E-state index in [1.54, 1.807) is 30.3 Å². The molecule has 1 aromatic heterocycles. The van der Waals surface area contributed by atoms with E-state index in [-0.39, 0.29) is 17.1 Å². The topological polar surface area (TPSA) is 12.9 Å². The van der Waals surface area contributed by atoms with Crippen molar-refractivity contribution in [1.29, 1.82) is 0 Å². The third-order valence-corrected chi connectivity index (χ3v) is 4.13. The number of alkyl halides is 4. The Labute approximate surface area is 140 Å². The van der Waals surface area contributed by atoms with E-state index < -0.39 is 11.7 Å². The fourth-order valence-electron chi connectivity index (χ4n) is 2.47. The summed E-state index contributed by atoms with van der Waals surface area (Å²) in [6.45, 7) is 0. The van der Waals surface area contributed by atoms with Gasteiger partial charge in [0.1, 0.15) is 0 Å². The van der Waals surface area contributed by atoms with Gasteiger partial charge in [0, 0.05) is 21.9 Å². The van der Waals surface area contributed by atoms with Gasteiger partial charge in [-0.3, -0.25) is 0 Å². The second-order valence-electron chi connectivity index (χ2n) is 4.98. The summed E-state index contributed by atoms with van der Waals surface area (Å²) in [5.41, 5.74) is 0.530. The molecule has 0 N–H and O–H groups in total. The van der Waals surface area contributed by atoms with Crippen molar-refractivity contribution >= 4 is 34.1 Å². The Balaban J connectivity index is 2.33. The number of aromatic nitrogens is 1. The Hall–Kier alpha value is -1.78. The van der Waals surface area contributed by atoms with Crippen molar-refractivity contribution in [1.82, 2.24) is 4.98 Å². The molecule has 2 aromatic carbocycles. The molecule has 0 aliphatic carbocycles. The number of halogens is 5. The summed E-state index contributed by atoms with van der Waals surface area (Å²) in [6.07, 6.45) is -4.47. The lowest BCUT2D eigenvalue weighted by Gasteiger charge is -2.15. The molecule has 0 fully saturated rings. The van der Waals surface area contributed by atoms with Gasteiger partial charge >= 0.3 is 6.18 Å². The number of fused-ring (bicyclic) bond motifs is 1. The van der Waals surface area contributed by atoms with Crippen LogP contribution in [0.1, 0.15) is 11.1 Å². The van der Waals surface area contributed by atoms with Crippen molar-refractivity contribution in [3.63, 3.8) is 0 Å². The monoisotopic (exact) mass is 355 g/mol. The minimum atomic E-state index is -4.47. The molecule has 0 saturated heterocycles. The molecule has 3 rings (SSSR count). The van der Waals surface area contributed by atoms with Crippen molar-refractivity contribution in [2.75, 3.05) is 0 Å². The second kappa shape index (κ2) is 6.02. The number of hydrogen-bond donors (Lipinski definition) is 0. The largest absolute Gasteiger partial charge is 0.417 e. The third-order valence-electron chi connectivity index (χ3n) is 3.52. The SMILES string of the molecule is FC(F)(F)c1ccccc1-c1nc2cccc(Cl)c2cc1CCl. The number of benzene rings is 2. The number of pyridine rings is 1. The molecule has 0 radical (unpaired) electrons. The molecular weight excluding hydrogens is 346 g/mol. The van der Waals surface area contributed by atoms with E-state index in [2.05, 4.69) is 4.98 Å². The van der Waals surface area contributed by atoms with Crippen LogP contribution in [-0.2, 0) is 12.1 Å². The molecule has 0 bridgehead atoms. The predicted molar refractivity (Wildman–Crippen MR) is 86.7 cm³/mol. The van der Waals surface area contributed by atoms with Gasteiger partial charge in [-0.2, -0.15) is 13.2 Å². The molecule has 1 nitrogen and oxygen atoms in total. The maximum absolute atomic E-state index is 13.3. The summed E-state index contributed by atoms with van der Waals surface area (Å²) in [7, 11) is 0. The standard InChI is InChI=1S/C17H10Cl2F3N/c18-9-10-8-12-14(19)6-3-7-15(12)23-16(10)11-4-1-2-5-13(11)17(20,21)22/h1-8H,9H2. The van der Waals surface area contributed by atoms with Crippen LogP contribution in [0.25, 0.3) is 22.2 Å². The van der Waals surface area contributed by atoms with Crippen LogP contribution >= 0.6 is 23.2 Å². The van der Waals surface area contributed by atoms with Crippen molar-refractivity contribution in [3.8, 4) is 11.3 Å². The van der Waals surface area contributed by atoms with Gasteiger partial charge in [0.05, 0.1) is 16.8 Å². The van der Waals surface area contributed by atoms with E-state index in [0.717, 1.165) is 6.07 Å². The molecule has 0 aliphatic heterocycles. The first kappa shape index (κ1) is 16.1. The minimum Gasteiger partial charge on any atom is -0.247 e. The molecule has 0 aliphatic rings.